The first-order chi connectivity index (χ1) is 4.81. The quantitative estimate of drug-likeness (QED) is 0.348. The lowest BCUT2D eigenvalue weighted by molar-refractivity contribution is 0.0373. The van der Waals surface area contributed by atoms with E-state index in [9.17, 15) is 0 Å². The fourth-order valence-electron chi connectivity index (χ4n) is 0.741. The van der Waals surface area contributed by atoms with Gasteiger partial charge >= 0.3 is 0 Å². The van der Waals surface area contributed by atoms with Crippen molar-refractivity contribution in [3.8, 4) is 0 Å². The topological polar surface area (TPSA) is 21.3 Å². The van der Waals surface area contributed by atoms with Gasteiger partial charge in [-0.15, -0.1) is 6.58 Å². The Morgan fingerprint density at radius 3 is 2.90 bits per heavy atom. The third-order valence-corrected chi connectivity index (χ3v) is 1.21. The molecule has 1 atom stereocenters. The second-order valence-electron chi connectivity index (χ2n) is 2.41. The van der Waals surface area contributed by atoms with Gasteiger partial charge in [0.2, 0.25) is 0 Å². The van der Waals surface area contributed by atoms with Crippen LogP contribution in [-0.2, 0) is 4.84 Å². The van der Waals surface area contributed by atoms with Gasteiger partial charge in [0.05, 0.1) is 6.61 Å². The number of hydrogen-bond acceptors (Lipinski definition) is 2. The molecule has 0 aliphatic heterocycles. The Morgan fingerprint density at radius 1 is 1.70 bits per heavy atom. The van der Waals surface area contributed by atoms with Gasteiger partial charge in [-0.25, -0.2) is 0 Å². The molecule has 0 aromatic carbocycles. The monoisotopic (exact) mass is 143 g/mol. The zero-order chi connectivity index (χ0) is 7.82. The van der Waals surface area contributed by atoms with Crippen molar-refractivity contribution in [1.82, 2.24) is 5.48 Å². The summed E-state index contributed by atoms with van der Waals surface area (Å²) in [6, 6.07) is 0.449. The third kappa shape index (κ3) is 5.79. The standard InChI is InChI=1S/C8H17NO/c1-4-6-8(3)9-10-7-5-2/h5,8-9H,2,4,6-7H2,1,3H3. The van der Waals surface area contributed by atoms with Gasteiger partial charge in [0.15, 0.2) is 0 Å². The van der Waals surface area contributed by atoms with Crippen LogP contribution in [-0.4, -0.2) is 12.6 Å². The van der Waals surface area contributed by atoms with Crippen LogP contribution >= 0.6 is 0 Å². The Labute approximate surface area is 63.2 Å². The van der Waals surface area contributed by atoms with E-state index in [1.807, 2.05) is 0 Å². The van der Waals surface area contributed by atoms with E-state index in [4.69, 9.17) is 4.84 Å². The third-order valence-electron chi connectivity index (χ3n) is 1.21. The number of nitrogens with one attached hydrogen (secondary N) is 1. The second kappa shape index (κ2) is 6.78. The van der Waals surface area contributed by atoms with Gasteiger partial charge in [0, 0.05) is 6.04 Å². The first-order valence-electron chi connectivity index (χ1n) is 3.79. The zero-order valence-corrected chi connectivity index (χ0v) is 6.89. The van der Waals surface area contributed by atoms with Gasteiger partial charge in [-0.2, -0.15) is 5.48 Å². The number of hydrogen-bond donors (Lipinski definition) is 1. The number of hydroxylamine groups is 1. The summed E-state index contributed by atoms with van der Waals surface area (Å²) in [6.07, 6.45) is 4.06. The summed E-state index contributed by atoms with van der Waals surface area (Å²) in [4.78, 5) is 5.03. The van der Waals surface area contributed by atoms with Crippen molar-refractivity contribution in [1.29, 1.82) is 0 Å². The van der Waals surface area contributed by atoms with Crippen LogP contribution in [0.25, 0.3) is 0 Å². The van der Waals surface area contributed by atoms with Gasteiger partial charge in [-0.3, -0.25) is 4.84 Å². The molecule has 1 unspecified atom stereocenters. The molecule has 0 fully saturated rings. The summed E-state index contributed by atoms with van der Waals surface area (Å²) in [6.45, 7) is 8.38. The Kier molecular flexibility index (Phi) is 6.55. The molecule has 0 amide bonds. The van der Waals surface area contributed by atoms with E-state index in [2.05, 4.69) is 25.9 Å². The largest absolute Gasteiger partial charge is 0.297 e. The van der Waals surface area contributed by atoms with E-state index in [1.54, 1.807) is 6.08 Å². The average Bonchev–Trinajstić information content (AvgIpc) is 1.89. The van der Waals surface area contributed by atoms with Crippen molar-refractivity contribution in [3.05, 3.63) is 12.7 Å². The van der Waals surface area contributed by atoms with E-state index in [0.29, 0.717) is 12.6 Å². The molecular weight excluding hydrogens is 126 g/mol. The van der Waals surface area contributed by atoms with E-state index in [1.165, 1.54) is 6.42 Å². The molecule has 0 aliphatic rings. The summed E-state index contributed by atoms with van der Waals surface area (Å²) >= 11 is 0. The highest BCUT2D eigenvalue weighted by atomic mass is 16.6. The summed E-state index contributed by atoms with van der Waals surface area (Å²) in [5.74, 6) is 0. The van der Waals surface area contributed by atoms with Crippen molar-refractivity contribution in [2.75, 3.05) is 6.61 Å². The molecule has 1 N–H and O–H groups in total. The van der Waals surface area contributed by atoms with E-state index < -0.39 is 0 Å². The minimum atomic E-state index is 0.449. The van der Waals surface area contributed by atoms with Crippen molar-refractivity contribution in [3.63, 3.8) is 0 Å². The fraction of sp³-hybridized carbons (Fsp3) is 0.750. The molecule has 0 aliphatic carbocycles. The highest BCUT2D eigenvalue weighted by Crippen LogP contribution is 1.93. The van der Waals surface area contributed by atoms with Crippen molar-refractivity contribution in [2.24, 2.45) is 0 Å². The smallest absolute Gasteiger partial charge is 0.0861 e. The van der Waals surface area contributed by atoms with Crippen LogP contribution in [0.2, 0.25) is 0 Å². The Morgan fingerprint density at radius 2 is 2.40 bits per heavy atom. The molecule has 0 spiro atoms. The van der Waals surface area contributed by atoms with Gasteiger partial charge in [-0.05, 0) is 13.3 Å². The maximum absolute atomic E-state index is 5.03. The van der Waals surface area contributed by atoms with Crippen LogP contribution in [0.5, 0.6) is 0 Å². The van der Waals surface area contributed by atoms with Crippen LogP contribution in [0.3, 0.4) is 0 Å². The van der Waals surface area contributed by atoms with Gasteiger partial charge in [0.1, 0.15) is 0 Å². The first kappa shape index (κ1) is 9.66. The van der Waals surface area contributed by atoms with Gasteiger partial charge < -0.3 is 0 Å². The molecule has 0 saturated carbocycles. The summed E-state index contributed by atoms with van der Waals surface area (Å²) in [5, 5.41) is 0. The van der Waals surface area contributed by atoms with Gasteiger partial charge in [-0.1, -0.05) is 19.4 Å². The Balaban J connectivity index is 3.04. The average molecular weight is 143 g/mol. The molecule has 10 heavy (non-hydrogen) atoms. The summed E-state index contributed by atoms with van der Waals surface area (Å²) in [5.41, 5.74) is 2.91. The van der Waals surface area contributed by atoms with E-state index in [0.717, 1.165) is 6.42 Å². The molecule has 0 heterocycles. The van der Waals surface area contributed by atoms with Crippen LogP contribution in [0.1, 0.15) is 26.7 Å². The van der Waals surface area contributed by atoms with E-state index in [-0.39, 0.29) is 0 Å². The highest BCUT2D eigenvalue weighted by molar-refractivity contribution is 4.63. The molecule has 0 saturated heterocycles. The SMILES string of the molecule is C=CCONC(C)CCC. The predicted molar refractivity (Wildman–Crippen MR) is 43.7 cm³/mol. The zero-order valence-electron chi connectivity index (χ0n) is 6.89. The van der Waals surface area contributed by atoms with Crippen molar-refractivity contribution in [2.45, 2.75) is 32.7 Å². The Bertz CT molecular complexity index is 83.3. The molecular formula is C8H17NO. The summed E-state index contributed by atoms with van der Waals surface area (Å²) < 4.78 is 0. The minimum absolute atomic E-state index is 0.449. The first-order valence-corrected chi connectivity index (χ1v) is 3.79. The Hall–Kier alpha value is -0.340. The fourth-order valence-corrected chi connectivity index (χ4v) is 0.741. The lowest BCUT2D eigenvalue weighted by Crippen LogP contribution is -2.25. The van der Waals surface area contributed by atoms with Crippen LogP contribution in [0, 0.1) is 0 Å². The lowest BCUT2D eigenvalue weighted by atomic mass is 10.2. The lowest BCUT2D eigenvalue weighted by Gasteiger charge is -2.10. The molecule has 0 aromatic heterocycles. The van der Waals surface area contributed by atoms with Crippen LogP contribution < -0.4 is 5.48 Å². The highest BCUT2D eigenvalue weighted by Gasteiger charge is 1.96. The van der Waals surface area contributed by atoms with Crippen molar-refractivity contribution >= 4 is 0 Å². The number of rotatable bonds is 6. The molecule has 2 heteroatoms. The van der Waals surface area contributed by atoms with Gasteiger partial charge in [0.25, 0.3) is 0 Å². The normalized spacial score (nSPS) is 13.0. The molecule has 2 nitrogen and oxygen atoms in total. The van der Waals surface area contributed by atoms with Crippen molar-refractivity contribution < 1.29 is 4.84 Å². The van der Waals surface area contributed by atoms with E-state index >= 15 is 0 Å². The van der Waals surface area contributed by atoms with Crippen LogP contribution in [0.15, 0.2) is 12.7 Å². The maximum atomic E-state index is 5.03. The molecule has 0 bridgehead atoms. The minimum Gasteiger partial charge on any atom is -0.297 e. The predicted octanol–water partition coefficient (Wildman–Crippen LogP) is 1.88. The molecule has 0 aromatic rings. The maximum Gasteiger partial charge on any atom is 0.0861 e. The second-order valence-corrected chi connectivity index (χ2v) is 2.41. The summed E-state index contributed by atoms with van der Waals surface area (Å²) in [7, 11) is 0. The molecule has 0 radical (unpaired) electrons. The molecule has 0 rings (SSSR count). The van der Waals surface area contributed by atoms with Crippen LogP contribution in [0.4, 0.5) is 0 Å². The molecule has 60 valence electrons.